The second-order valence-electron chi connectivity index (χ2n) is 6.43. The standard InChI is InChI=1S/C14H25N3O2/c1-14(2,3)12(18-4)13-16-11(19-17-13)6-5-10-7-8-15-9-10/h10,12,15H,5-9H2,1-4H3. The molecular weight excluding hydrogens is 242 g/mol. The van der Waals surface area contributed by atoms with Crippen molar-refractivity contribution in [3.63, 3.8) is 0 Å². The zero-order valence-corrected chi connectivity index (χ0v) is 12.4. The highest BCUT2D eigenvalue weighted by molar-refractivity contribution is 4.96. The van der Waals surface area contributed by atoms with E-state index in [-0.39, 0.29) is 11.5 Å². The van der Waals surface area contributed by atoms with Gasteiger partial charge in [0.15, 0.2) is 0 Å². The number of nitrogens with one attached hydrogen (secondary N) is 1. The maximum atomic E-state index is 5.50. The molecule has 2 unspecified atom stereocenters. The summed E-state index contributed by atoms with van der Waals surface area (Å²) in [7, 11) is 1.69. The van der Waals surface area contributed by atoms with Crippen LogP contribution in [0.1, 0.15) is 51.4 Å². The summed E-state index contributed by atoms with van der Waals surface area (Å²) in [5.74, 6) is 2.14. The fourth-order valence-corrected chi connectivity index (χ4v) is 2.61. The first-order valence-electron chi connectivity index (χ1n) is 7.06. The van der Waals surface area contributed by atoms with Crippen LogP contribution in [0.5, 0.6) is 0 Å². The van der Waals surface area contributed by atoms with Crippen LogP contribution in [0.15, 0.2) is 4.52 Å². The number of ether oxygens (including phenoxy) is 1. The summed E-state index contributed by atoms with van der Waals surface area (Å²) in [6, 6.07) is 0. The minimum atomic E-state index is -0.127. The Balaban J connectivity index is 1.93. The molecular formula is C14H25N3O2. The molecule has 1 aromatic heterocycles. The Morgan fingerprint density at radius 3 is 2.84 bits per heavy atom. The average molecular weight is 267 g/mol. The van der Waals surface area contributed by atoms with Gasteiger partial charge in [-0.3, -0.25) is 0 Å². The number of aromatic nitrogens is 2. The summed E-state index contributed by atoms with van der Waals surface area (Å²) >= 11 is 0. The Hall–Kier alpha value is -0.940. The maximum absolute atomic E-state index is 5.50. The summed E-state index contributed by atoms with van der Waals surface area (Å²) in [5, 5.41) is 7.45. The predicted molar refractivity (Wildman–Crippen MR) is 72.8 cm³/mol. The van der Waals surface area contributed by atoms with E-state index in [1.165, 1.54) is 6.42 Å². The van der Waals surface area contributed by atoms with Crippen LogP contribution in [-0.2, 0) is 11.2 Å². The largest absolute Gasteiger partial charge is 0.373 e. The van der Waals surface area contributed by atoms with Gasteiger partial charge in [-0.05, 0) is 37.3 Å². The van der Waals surface area contributed by atoms with E-state index < -0.39 is 0 Å². The molecule has 2 atom stereocenters. The van der Waals surface area contributed by atoms with Gasteiger partial charge in [0.2, 0.25) is 11.7 Å². The van der Waals surface area contributed by atoms with Gasteiger partial charge in [0.1, 0.15) is 6.10 Å². The molecule has 0 radical (unpaired) electrons. The van der Waals surface area contributed by atoms with Crippen LogP contribution in [0.3, 0.4) is 0 Å². The Morgan fingerprint density at radius 1 is 1.47 bits per heavy atom. The Kier molecular flexibility index (Phi) is 4.58. The number of methoxy groups -OCH3 is 1. The number of rotatable bonds is 5. The van der Waals surface area contributed by atoms with Crippen molar-refractivity contribution >= 4 is 0 Å². The fraction of sp³-hybridized carbons (Fsp3) is 0.857. The quantitative estimate of drug-likeness (QED) is 0.887. The van der Waals surface area contributed by atoms with Gasteiger partial charge < -0.3 is 14.6 Å². The molecule has 1 saturated heterocycles. The number of hydrogen-bond acceptors (Lipinski definition) is 5. The van der Waals surface area contributed by atoms with Crippen molar-refractivity contribution in [3.05, 3.63) is 11.7 Å². The molecule has 1 aliphatic rings. The molecule has 0 spiro atoms. The average Bonchev–Trinajstić information content (AvgIpc) is 2.95. The molecule has 19 heavy (non-hydrogen) atoms. The van der Waals surface area contributed by atoms with Gasteiger partial charge in [-0.1, -0.05) is 25.9 Å². The zero-order valence-electron chi connectivity index (χ0n) is 12.4. The number of hydrogen-bond donors (Lipinski definition) is 1. The van der Waals surface area contributed by atoms with E-state index in [1.807, 2.05) is 0 Å². The molecule has 2 rings (SSSR count). The zero-order chi connectivity index (χ0) is 13.9. The first kappa shape index (κ1) is 14.5. The van der Waals surface area contributed by atoms with Crippen molar-refractivity contribution in [1.82, 2.24) is 15.5 Å². The van der Waals surface area contributed by atoms with Gasteiger partial charge in [-0.2, -0.15) is 4.98 Å². The SMILES string of the molecule is COC(c1noc(CCC2CCNC2)n1)C(C)(C)C. The lowest BCUT2D eigenvalue weighted by Crippen LogP contribution is -2.21. The molecule has 0 saturated carbocycles. The lowest BCUT2D eigenvalue weighted by molar-refractivity contribution is 0.00718. The van der Waals surface area contributed by atoms with E-state index in [4.69, 9.17) is 9.26 Å². The van der Waals surface area contributed by atoms with Gasteiger partial charge in [0, 0.05) is 13.5 Å². The van der Waals surface area contributed by atoms with Crippen molar-refractivity contribution in [1.29, 1.82) is 0 Å². The highest BCUT2D eigenvalue weighted by atomic mass is 16.5. The van der Waals surface area contributed by atoms with E-state index in [2.05, 4.69) is 36.2 Å². The van der Waals surface area contributed by atoms with Crippen molar-refractivity contribution in [3.8, 4) is 0 Å². The minimum absolute atomic E-state index is 0.0364. The first-order valence-corrected chi connectivity index (χ1v) is 7.06. The van der Waals surface area contributed by atoms with E-state index >= 15 is 0 Å². The highest BCUT2D eigenvalue weighted by Crippen LogP contribution is 2.33. The van der Waals surface area contributed by atoms with E-state index in [9.17, 15) is 0 Å². The summed E-state index contributed by atoms with van der Waals surface area (Å²) in [5.41, 5.74) is -0.0364. The van der Waals surface area contributed by atoms with E-state index in [0.29, 0.717) is 5.82 Å². The van der Waals surface area contributed by atoms with Crippen LogP contribution in [0.4, 0.5) is 0 Å². The van der Waals surface area contributed by atoms with Crippen LogP contribution >= 0.6 is 0 Å². The number of nitrogens with zero attached hydrogens (tertiary/aromatic N) is 2. The molecule has 0 bridgehead atoms. The molecule has 0 amide bonds. The second kappa shape index (κ2) is 6.01. The topological polar surface area (TPSA) is 60.2 Å². The summed E-state index contributed by atoms with van der Waals surface area (Å²) in [6.07, 6.45) is 3.10. The van der Waals surface area contributed by atoms with Crippen molar-refractivity contribution in [2.75, 3.05) is 20.2 Å². The normalized spacial score (nSPS) is 21.8. The van der Waals surface area contributed by atoms with Gasteiger partial charge in [-0.15, -0.1) is 0 Å². The Bertz CT molecular complexity index is 392. The Morgan fingerprint density at radius 2 is 2.26 bits per heavy atom. The van der Waals surface area contributed by atoms with Crippen molar-refractivity contribution in [2.45, 2.75) is 46.1 Å². The molecule has 1 aliphatic heterocycles. The van der Waals surface area contributed by atoms with Crippen molar-refractivity contribution < 1.29 is 9.26 Å². The summed E-state index contributed by atoms with van der Waals surface area (Å²) < 4.78 is 10.8. The summed E-state index contributed by atoms with van der Waals surface area (Å²) in [6.45, 7) is 8.59. The highest BCUT2D eigenvalue weighted by Gasteiger charge is 2.30. The van der Waals surface area contributed by atoms with Gasteiger partial charge in [0.05, 0.1) is 0 Å². The van der Waals surface area contributed by atoms with Gasteiger partial charge in [0.25, 0.3) is 0 Å². The first-order chi connectivity index (χ1) is 9.00. The molecule has 5 nitrogen and oxygen atoms in total. The Labute approximate surface area is 115 Å². The van der Waals surface area contributed by atoms with Gasteiger partial charge in [-0.25, -0.2) is 0 Å². The monoisotopic (exact) mass is 267 g/mol. The molecule has 1 N–H and O–H groups in total. The van der Waals surface area contributed by atoms with E-state index in [1.54, 1.807) is 7.11 Å². The summed E-state index contributed by atoms with van der Waals surface area (Å²) in [4.78, 5) is 4.49. The third-order valence-corrected chi connectivity index (χ3v) is 3.67. The molecule has 0 aromatic carbocycles. The lowest BCUT2D eigenvalue weighted by atomic mass is 9.88. The molecule has 5 heteroatoms. The molecule has 1 aromatic rings. The van der Waals surface area contributed by atoms with Crippen LogP contribution in [-0.4, -0.2) is 30.3 Å². The minimum Gasteiger partial charge on any atom is -0.373 e. The maximum Gasteiger partial charge on any atom is 0.226 e. The molecule has 2 heterocycles. The van der Waals surface area contributed by atoms with Crippen molar-refractivity contribution in [2.24, 2.45) is 11.3 Å². The molecule has 0 aliphatic carbocycles. The predicted octanol–water partition coefficient (Wildman–Crippen LogP) is 2.35. The third-order valence-electron chi connectivity index (χ3n) is 3.67. The van der Waals surface area contributed by atoms with Crippen LogP contribution < -0.4 is 5.32 Å². The molecule has 1 fully saturated rings. The fourth-order valence-electron chi connectivity index (χ4n) is 2.61. The van der Waals surface area contributed by atoms with Crippen LogP contribution in [0.2, 0.25) is 0 Å². The van der Waals surface area contributed by atoms with Gasteiger partial charge >= 0.3 is 0 Å². The van der Waals surface area contributed by atoms with E-state index in [0.717, 1.165) is 37.7 Å². The lowest BCUT2D eigenvalue weighted by Gasteiger charge is -2.26. The third kappa shape index (κ3) is 3.76. The smallest absolute Gasteiger partial charge is 0.226 e. The molecule has 108 valence electrons. The van der Waals surface area contributed by atoms with Crippen LogP contribution in [0, 0.1) is 11.3 Å². The number of aryl methyl sites for hydroxylation is 1. The second-order valence-corrected chi connectivity index (χ2v) is 6.43. The van der Waals surface area contributed by atoms with Crippen LogP contribution in [0.25, 0.3) is 0 Å².